The fourth-order valence-electron chi connectivity index (χ4n) is 3.56. The lowest BCUT2D eigenvalue weighted by Gasteiger charge is -2.26. The molecule has 0 radical (unpaired) electrons. The SMILES string of the molecule is C=CCOC1C2CCC1N(Cc1ccc(CC)o1)C2. The Kier molecular flexibility index (Phi) is 3.76. The van der Waals surface area contributed by atoms with E-state index in [0.29, 0.717) is 24.7 Å². The van der Waals surface area contributed by atoms with Crippen LogP contribution in [0.4, 0.5) is 0 Å². The lowest BCUT2D eigenvalue weighted by atomic mass is 10.1. The average molecular weight is 261 g/mol. The number of hydrogen-bond donors (Lipinski definition) is 0. The minimum Gasteiger partial charge on any atom is -0.465 e. The molecule has 1 saturated carbocycles. The molecule has 19 heavy (non-hydrogen) atoms. The van der Waals surface area contributed by atoms with Crippen LogP contribution in [0.2, 0.25) is 0 Å². The first-order valence-electron chi connectivity index (χ1n) is 7.36. The predicted octanol–water partition coefficient (Wildman–Crippen LogP) is 3.01. The van der Waals surface area contributed by atoms with Gasteiger partial charge in [-0.25, -0.2) is 0 Å². The van der Waals surface area contributed by atoms with Crippen molar-refractivity contribution in [1.82, 2.24) is 4.90 Å². The third-order valence-corrected chi connectivity index (χ3v) is 4.45. The van der Waals surface area contributed by atoms with Crippen LogP contribution in [-0.2, 0) is 17.7 Å². The molecule has 0 spiro atoms. The molecular formula is C16H23NO2. The number of nitrogens with zero attached hydrogens (tertiary/aromatic N) is 1. The summed E-state index contributed by atoms with van der Waals surface area (Å²) in [5.41, 5.74) is 0. The largest absolute Gasteiger partial charge is 0.465 e. The molecule has 1 aliphatic carbocycles. The van der Waals surface area contributed by atoms with E-state index >= 15 is 0 Å². The molecule has 3 heteroatoms. The van der Waals surface area contributed by atoms with Gasteiger partial charge in [0.15, 0.2) is 0 Å². The quantitative estimate of drug-likeness (QED) is 0.736. The molecule has 1 aliphatic heterocycles. The van der Waals surface area contributed by atoms with Crippen LogP contribution in [0.25, 0.3) is 0 Å². The second kappa shape index (κ2) is 5.51. The summed E-state index contributed by atoms with van der Waals surface area (Å²) in [6.07, 6.45) is 5.78. The van der Waals surface area contributed by atoms with E-state index in [-0.39, 0.29) is 0 Å². The number of piperidine rings is 1. The van der Waals surface area contributed by atoms with Crippen LogP contribution in [-0.4, -0.2) is 30.2 Å². The predicted molar refractivity (Wildman–Crippen MR) is 74.9 cm³/mol. The fourth-order valence-corrected chi connectivity index (χ4v) is 3.56. The summed E-state index contributed by atoms with van der Waals surface area (Å²) in [5.74, 6) is 2.87. The van der Waals surface area contributed by atoms with Gasteiger partial charge in [0, 0.05) is 19.0 Å². The number of furan rings is 1. The highest BCUT2D eigenvalue weighted by Gasteiger charge is 2.47. The van der Waals surface area contributed by atoms with Gasteiger partial charge in [0.25, 0.3) is 0 Å². The van der Waals surface area contributed by atoms with Crippen molar-refractivity contribution in [1.29, 1.82) is 0 Å². The molecule has 1 aromatic rings. The first kappa shape index (κ1) is 12.9. The molecule has 104 valence electrons. The normalized spacial score (nSPS) is 30.1. The van der Waals surface area contributed by atoms with Crippen molar-refractivity contribution in [2.75, 3.05) is 13.2 Å². The molecule has 3 unspecified atom stereocenters. The van der Waals surface area contributed by atoms with Crippen LogP contribution in [0.5, 0.6) is 0 Å². The van der Waals surface area contributed by atoms with Crippen molar-refractivity contribution in [2.45, 2.75) is 44.9 Å². The third-order valence-electron chi connectivity index (χ3n) is 4.45. The zero-order valence-corrected chi connectivity index (χ0v) is 11.7. The lowest BCUT2D eigenvalue weighted by molar-refractivity contribution is 0.0437. The Morgan fingerprint density at radius 2 is 2.26 bits per heavy atom. The van der Waals surface area contributed by atoms with Gasteiger partial charge in [-0.2, -0.15) is 0 Å². The highest BCUT2D eigenvalue weighted by atomic mass is 16.5. The Bertz CT molecular complexity index is 440. The van der Waals surface area contributed by atoms with E-state index in [1.807, 2.05) is 6.08 Å². The summed E-state index contributed by atoms with van der Waals surface area (Å²) in [7, 11) is 0. The first-order chi connectivity index (χ1) is 9.31. The van der Waals surface area contributed by atoms with Crippen molar-refractivity contribution in [3.8, 4) is 0 Å². The molecule has 0 aromatic carbocycles. The molecular weight excluding hydrogens is 238 g/mol. The van der Waals surface area contributed by atoms with Crippen molar-refractivity contribution in [3.63, 3.8) is 0 Å². The molecule has 1 saturated heterocycles. The van der Waals surface area contributed by atoms with Crippen molar-refractivity contribution in [3.05, 3.63) is 36.3 Å². The molecule has 0 N–H and O–H groups in total. The van der Waals surface area contributed by atoms with E-state index in [2.05, 4.69) is 30.5 Å². The van der Waals surface area contributed by atoms with E-state index in [0.717, 1.165) is 31.0 Å². The second-order valence-electron chi connectivity index (χ2n) is 5.64. The van der Waals surface area contributed by atoms with Crippen LogP contribution in [0.15, 0.2) is 29.2 Å². The highest BCUT2D eigenvalue weighted by molar-refractivity contribution is 5.09. The molecule has 2 heterocycles. The van der Waals surface area contributed by atoms with Crippen molar-refractivity contribution < 1.29 is 9.15 Å². The van der Waals surface area contributed by atoms with E-state index in [4.69, 9.17) is 9.15 Å². The highest BCUT2D eigenvalue weighted by Crippen LogP contribution is 2.40. The summed E-state index contributed by atoms with van der Waals surface area (Å²) in [6.45, 7) is 8.61. The van der Waals surface area contributed by atoms with Crippen LogP contribution in [0.3, 0.4) is 0 Å². The molecule has 2 fully saturated rings. The minimum atomic E-state index is 0.401. The first-order valence-corrected chi connectivity index (χ1v) is 7.36. The van der Waals surface area contributed by atoms with Gasteiger partial charge in [0.2, 0.25) is 0 Å². The van der Waals surface area contributed by atoms with Gasteiger partial charge >= 0.3 is 0 Å². The van der Waals surface area contributed by atoms with Crippen LogP contribution in [0, 0.1) is 5.92 Å². The van der Waals surface area contributed by atoms with Gasteiger partial charge in [0.05, 0.1) is 19.3 Å². The molecule has 3 rings (SSSR count). The van der Waals surface area contributed by atoms with Crippen molar-refractivity contribution in [2.24, 2.45) is 5.92 Å². The smallest absolute Gasteiger partial charge is 0.118 e. The second-order valence-corrected chi connectivity index (χ2v) is 5.64. The van der Waals surface area contributed by atoms with E-state index < -0.39 is 0 Å². The topological polar surface area (TPSA) is 25.6 Å². The van der Waals surface area contributed by atoms with Gasteiger partial charge in [0.1, 0.15) is 11.5 Å². The summed E-state index contributed by atoms with van der Waals surface area (Å²) >= 11 is 0. The Labute approximate surface area is 115 Å². The third kappa shape index (κ3) is 2.49. The number of rotatable bonds is 6. The van der Waals surface area contributed by atoms with E-state index in [1.54, 1.807) is 0 Å². The Balaban J connectivity index is 1.62. The van der Waals surface area contributed by atoms with Gasteiger partial charge < -0.3 is 9.15 Å². The average Bonchev–Trinajstić information content (AvgIpc) is 3.10. The Hall–Kier alpha value is -1.06. The van der Waals surface area contributed by atoms with E-state index in [9.17, 15) is 0 Å². The number of fused-ring (bicyclic) bond motifs is 2. The maximum Gasteiger partial charge on any atom is 0.118 e. The van der Waals surface area contributed by atoms with Gasteiger partial charge in [-0.1, -0.05) is 13.0 Å². The van der Waals surface area contributed by atoms with Crippen LogP contribution in [0.1, 0.15) is 31.3 Å². The zero-order valence-electron chi connectivity index (χ0n) is 11.7. The molecule has 2 aliphatic rings. The number of hydrogen-bond acceptors (Lipinski definition) is 3. The summed E-state index contributed by atoms with van der Waals surface area (Å²) < 4.78 is 11.8. The zero-order chi connectivity index (χ0) is 13.2. The number of likely N-dealkylation sites (tertiary alicyclic amines) is 1. The molecule has 1 aromatic heterocycles. The Morgan fingerprint density at radius 1 is 1.42 bits per heavy atom. The van der Waals surface area contributed by atoms with Gasteiger partial charge in [-0.3, -0.25) is 4.90 Å². The maximum absolute atomic E-state index is 5.94. The van der Waals surface area contributed by atoms with Crippen molar-refractivity contribution >= 4 is 0 Å². The maximum atomic E-state index is 5.94. The standard InChI is InChI=1S/C16H23NO2/c1-3-9-18-16-12-5-8-15(16)17(10-12)11-14-7-6-13(4-2)19-14/h3,6-7,12,15-16H,1,4-5,8-11H2,2H3. The number of aryl methyl sites for hydroxylation is 1. The minimum absolute atomic E-state index is 0.401. The molecule has 3 nitrogen and oxygen atoms in total. The van der Waals surface area contributed by atoms with Gasteiger partial charge in [-0.15, -0.1) is 6.58 Å². The van der Waals surface area contributed by atoms with Gasteiger partial charge in [-0.05, 0) is 30.9 Å². The van der Waals surface area contributed by atoms with Crippen LogP contribution >= 0.6 is 0 Å². The monoisotopic (exact) mass is 261 g/mol. The fraction of sp³-hybridized carbons (Fsp3) is 0.625. The van der Waals surface area contributed by atoms with Crippen LogP contribution < -0.4 is 0 Å². The summed E-state index contributed by atoms with van der Waals surface area (Å²) in [5, 5.41) is 0. The van der Waals surface area contributed by atoms with E-state index in [1.165, 1.54) is 12.8 Å². The Morgan fingerprint density at radius 3 is 3.00 bits per heavy atom. The number of ether oxygens (including phenoxy) is 1. The molecule has 2 bridgehead atoms. The lowest BCUT2D eigenvalue weighted by Crippen LogP contribution is -2.34. The molecule has 3 atom stereocenters. The summed E-state index contributed by atoms with van der Waals surface area (Å²) in [6, 6.07) is 4.78. The summed E-state index contributed by atoms with van der Waals surface area (Å²) in [4.78, 5) is 2.53. The molecule has 0 amide bonds.